The molecule has 0 heterocycles. The molecule has 3 heteroatoms. The molecule has 1 atom stereocenters. The van der Waals surface area contributed by atoms with Crippen LogP contribution in [0.15, 0.2) is 24.3 Å². The fourth-order valence-electron chi connectivity index (χ4n) is 0.715. The van der Waals surface area contributed by atoms with Crippen molar-refractivity contribution in [3.63, 3.8) is 0 Å². The second kappa shape index (κ2) is 2.77. The molecular weight excluding hydrogens is 133 g/mol. The third-order valence-corrected chi connectivity index (χ3v) is 1.22. The average Bonchev–Trinajstić information content (AvgIpc) is 1.88. The Kier molecular flexibility index (Phi) is 1.99. The molecule has 0 bridgehead atoms. The Labute approximate surface area is 58.1 Å². The minimum absolute atomic E-state index is 0.127. The van der Waals surface area contributed by atoms with Gasteiger partial charge >= 0.3 is 0 Å². The van der Waals surface area contributed by atoms with Crippen LogP contribution in [-0.2, 0) is 0 Å². The summed E-state index contributed by atoms with van der Waals surface area (Å²) in [5, 5.41) is 8.74. The zero-order chi connectivity index (χ0) is 7.56. The normalized spacial score (nSPS) is 13.1. The third kappa shape index (κ3) is 1.32. The van der Waals surface area contributed by atoms with E-state index in [4.69, 9.17) is 10.8 Å². The summed E-state index contributed by atoms with van der Waals surface area (Å²) in [6.45, 7) is 0. The number of halogens is 1. The summed E-state index contributed by atoms with van der Waals surface area (Å²) >= 11 is 0. The maximum absolute atomic E-state index is 12.6. The van der Waals surface area contributed by atoms with Gasteiger partial charge in [0.05, 0.1) is 0 Å². The van der Waals surface area contributed by atoms with Crippen molar-refractivity contribution in [3.8, 4) is 0 Å². The van der Waals surface area contributed by atoms with Crippen molar-refractivity contribution >= 4 is 0 Å². The summed E-state index contributed by atoms with van der Waals surface area (Å²) < 4.78 is 12.6. The standard InChI is InChI=1S/C7H8FNO/c8-6-4-2-1-3-5(6)7(9)10/h1-4,7,10H,9H2/t7-/m1/s1. The summed E-state index contributed by atoms with van der Waals surface area (Å²) in [7, 11) is 0. The highest BCUT2D eigenvalue weighted by Gasteiger charge is 2.04. The molecule has 10 heavy (non-hydrogen) atoms. The zero-order valence-corrected chi connectivity index (χ0v) is 5.29. The molecule has 1 aromatic rings. The van der Waals surface area contributed by atoms with Crippen LogP contribution in [-0.4, -0.2) is 5.11 Å². The van der Waals surface area contributed by atoms with Crippen molar-refractivity contribution in [2.45, 2.75) is 6.23 Å². The van der Waals surface area contributed by atoms with Gasteiger partial charge in [-0.3, -0.25) is 0 Å². The zero-order valence-electron chi connectivity index (χ0n) is 5.29. The quantitative estimate of drug-likeness (QED) is 0.567. The SMILES string of the molecule is N[C@H](O)c1ccccc1F. The van der Waals surface area contributed by atoms with Gasteiger partial charge < -0.3 is 10.8 Å². The highest BCUT2D eigenvalue weighted by molar-refractivity contribution is 5.18. The molecular formula is C7H8FNO. The van der Waals surface area contributed by atoms with Gasteiger partial charge in [0.1, 0.15) is 12.0 Å². The highest BCUT2D eigenvalue weighted by Crippen LogP contribution is 2.10. The Morgan fingerprint density at radius 3 is 2.40 bits per heavy atom. The topological polar surface area (TPSA) is 46.2 Å². The molecule has 54 valence electrons. The molecule has 0 saturated carbocycles. The molecule has 2 nitrogen and oxygen atoms in total. The minimum Gasteiger partial charge on any atom is -0.374 e. The summed E-state index contributed by atoms with van der Waals surface area (Å²) in [5.74, 6) is -0.475. The number of hydrogen-bond acceptors (Lipinski definition) is 2. The maximum atomic E-state index is 12.6. The van der Waals surface area contributed by atoms with Crippen LogP contribution in [0.1, 0.15) is 11.8 Å². The van der Waals surface area contributed by atoms with E-state index in [0.29, 0.717) is 0 Å². The lowest BCUT2D eigenvalue weighted by atomic mass is 10.2. The smallest absolute Gasteiger partial charge is 0.131 e. The fourth-order valence-corrected chi connectivity index (χ4v) is 0.715. The number of rotatable bonds is 1. The molecule has 0 unspecified atom stereocenters. The van der Waals surface area contributed by atoms with Gasteiger partial charge in [0.25, 0.3) is 0 Å². The number of aliphatic hydroxyl groups is 1. The van der Waals surface area contributed by atoms with Gasteiger partial charge in [-0.25, -0.2) is 4.39 Å². The van der Waals surface area contributed by atoms with Crippen molar-refractivity contribution in [1.29, 1.82) is 0 Å². The molecule has 0 amide bonds. The first kappa shape index (κ1) is 7.18. The van der Waals surface area contributed by atoms with Crippen LogP contribution < -0.4 is 5.73 Å². The van der Waals surface area contributed by atoms with Crippen LogP contribution >= 0.6 is 0 Å². The maximum Gasteiger partial charge on any atom is 0.131 e. The predicted octanol–water partition coefficient (Wildman–Crippen LogP) is 0.775. The number of benzene rings is 1. The van der Waals surface area contributed by atoms with Crippen molar-refractivity contribution in [2.24, 2.45) is 5.73 Å². The van der Waals surface area contributed by atoms with E-state index in [2.05, 4.69) is 0 Å². The minimum atomic E-state index is -1.22. The Hall–Kier alpha value is -0.930. The molecule has 0 fully saturated rings. The van der Waals surface area contributed by atoms with Gasteiger partial charge in [-0.05, 0) is 6.07 Å². The van der Waals surface area contributed by atoms with E-state index in [1.165, 1.54) is 12.1 Å². The third-order valence-electron chi connectivity index (χ3n) is 1.22. The summed E-state index contributed by atoms with van der Waals surface area (Å²) in [5.41, 5.74) is 5.16. The molecule has 0 aliphatic heterocycles. The van der Waals surface area contributed by atoms with E-state index in [0.717, 1.165) is 0 Å². The van der Waals surface area contributed by atoms with Gasteiger partial charge in [0, 0.05) is 5.56 Å². The van der Waals surface area contributed by atoms with Gasteiger partial charge in [0.2, 0.25) is 0 Å². The van der Waals surface area contributed by atoms with Gasteiger partial charge in [0.15, 0.2) is 0 Å². The van der Waals surface area contributed by atoms with Crippen LogP contribution in [0, 0.1) is 5.82 Å². The first-order valence-electron chi connectivity index (χ1n) is 2.90. The monoisotopic (exact) mass is 141 g/mol. The molecule has 3 N–H and O–H groups in total. The number of aliphatic hydroxyl groups excluding tert-OH is 1. The van der Waals surface area contributed by atoms with Crippen molar-refractivity contribution in [1.82, 2.24) is 0 Å². The number of nitrogens with two attached hydrogens (primary N) is 1. The molecule has 1 rings (SSSR count). The van der Waals surface area contributed by atoms with Crippen molar-refractivity contribution < 1.29 is 9.50 Å². The highest BCUT2D eigenvalue weighted by atomic mass is 19.1. The van der Waals surface area contributed by atoms with E-state index >= 15 is 0 Å². The largest absolute Gasteiger partial charge is 0.374 e. The van der Waals surface area contributed by atoms with E-state index in [1.54, 1.807) is 12.1 Å². The van der Waals surface area contributed by atoms with E-state index in [-0.39, 0.29) is 5.56 Å². The summed E-state index contributed by atoms with van der Waals surface area (Å²) in [6.07, 6.45) is -1.22. The molecule has 1 aromatic carbocycles. The lowest BCUT2D eigenvalue weighted by molar-refractivity contribution is 0.181. The Bertz CT molecular complexity index is 225. The van der Waals surface area contributed by atoms with Crippen LogP contribution in [0.3, 0.4) is 0 Å². The molecule has 0 aliphatic rings. The van der Waals surface area contributed by atoms with E-state index in [9.17, 15) is 4.39 Å². The van der Waals surface area contributed by atoms with E-state index < -0.39 is 12.0 Å². The molecule has 0 spiro atoms. The van der Waals surface area contributed by atoms with Crippen LogP contribution in [0.25, 0.3) is 0 Å². The molecule has 0 aromatic heterocycles. The Morgan fingerprint density at radius 1 is 1.40 bits per heavy atom. The second-order valence-electron chi connectivity index (χ2n) is 1.97. The molecule has 0 saturated heterocycles. The summed E-state index contributed by atoms with van der Waals surface area (Å²) in [4.78, 5) is 0. The lowest BCUT2D eigenvalue weighted by Crippen LogP contribution is -2.10. The van der Waals surface area contributed by atoms with E-state index in [1.807, 2.05) is 0 Å². The fraction of sp³-hybridized carbons (Fsp3) is 0.143. The first-order chi connectivity index (χ1) is 4.72. The van der Waals surface area contributed by atoms with Gasteiger partial charge in [-0.15, -0.1) is 0 Å². The van der Waals surface area contributed by atoms with Gasteiger partial charge in [-0.2, -0.15) is 0 Å². The summed E-state index contributed by atoms with van der Waals surface area (Å²) in [6, 6.07) is 5.86. The number of hydrogen-bond donors (Lipinski definition) is 2. The van der Waals surface area contributed by atoms with Crippen LogP contribution in [0.2, 0.25) is 0 Å². The van der Waals surface area contributed by atoms with Crippen molar-refractivity contribution in [3.05, 3.63) is 35.6 Å². The average molecular weight is 141 g/mol. The Balaban J connectivity index is 3.03. The first-order valence-corrected chi connectivity index (χ1v) is 2.90. The molecule has 0 radical (unpaired) electrons. The lowest BCUT2D eigenvalue weighted by Gasteiger charge is -2.03. The second-order valence-corrected chi connectivity index (χ2v) is 1.97. The van der Waals surface area contributed by atoms with Crippen LogP contribution in [0.4, 0.5) is 4.39 Å². The predicted molar refractivity (Wildman–Crippen MR) is 35.5 cm³/mol. The van der Waals surface area contributed by atoms with Crippen molar-refractivity contribution in [2.75, 3.05) is 0 Å². The van der Waals surface area contributed by atoms with Crippen LogP contribution in [0.5, 0.6) is 0 Å². The van der Waals surface area contributed by atoms with Gasteiger partial charge in [-0.1, -0.05) is 18.2 Å². The molecule has 0 aliphatic carbocycles. The Morgan fingerprint density at radius 2 is 2.00 bits per heavy atom.